The van der Waals surface area contributed by atoms with Crippen molar-refractivity contribution in [2.24, 2.45) is 5.92 Å². The predicted octanol–water partition coefficient (Wildman–Crippen LogP) is 4.93. The molecular formula is C22H23FN2O2. The highest BCUT2D eigenvalue weighted by molar-refractivity contribution is 5.76. The van der Waals surface area contributed by atoms with E-state index in [1.807, 2.05) is 30.3 Å². The van der Waals surface area contributed by atoms with Crippen molar-refractivity contribution in [1.82, 2.24) is 10.3 Å². The molecule has 1 amide bonds. The first-order valence-electron chi connectivity index (χ1n) is 9.08. The van der Waals surface area contributed by atoms with Crippen LogP contribution in [0.15, 0.2) is 65.2 Å². The summed E-state index contributed by atoms with van der Waals surface area (Å²) in [7, 11) is 0. The molecule has 0 radical (unpaired) electrons. The van der Waals surface area contributed by atoms with Crippen molar-refractivity contribution in [1.29, 1.82) is 0 Å². The van der Waals surface area contributed by atoms with Gasteiger partial charge in [-0.25, -0.2) is 9.37 Å². The van der Waals surface area contributed by atoms with E-state index < -0.39 is 0 Å². The van der Waals surface area contributed by atoms with Crippen LogP contribution in [0.4, 0.5) is 4.39 Å². The number of rotatable bonds is 7. The number of oxazole rings is 1. The van der Waals surface area contributed by atoms with Crippen LogP contribution >= 0.6 is 0 Å². The van der Waals surface area contributed by atoms with Gasteiger partial charge < -0.3 is 9.73 Å². The molecule has 0 saturated heterocycles. The largest absolute Gasteiger partial charge is 0.441 e. The fourth-order valence-corrected chi connectivity index (χ4v) is 2.97. The van der Waals surface area contributed by atoms with Gasteiger partial charge in [0.1, 0.15) is 5.82 Å². The van der Waals surface area contributed by atoms with E-state index in [0.717, 1.165) is 5.56 Å². The van der Waals surface area contributed by atoms with E-state index >= 15 is 0 Å². The van der Waals surface area contributed by atoms with Crippen LogP contribution in [0.2, 0.25) is 0 Å². The highest BCUT2D eigenvalue weighted by Gasteiger charge is 2.18. The van der Waals surface area contributed by atoms with E-state index in [-0.39, 0.29) is 30.1 Å². The molecule has 3 aromatic rings. The van der Waals surface area contributed by atoms with E-state index in [0.29, 0.717) is 23.6 Å². The van der Waals surface area contributed by atoms with Crippen molar-refractivity contribution in [3.63, 3.8) is 0 Å². The lowest BCUT2D eigenvalue weighted by Crippen LogP contribution is -2.31. The van der Waals surface area contributed by atoms with Crippen LogP contribution in [0, 0.1) is 11.7 Å². The molecule has 140 valence electrons. The topological polar surface area (TPSA) is 55.1 Å². The minimum absolute atomic E-state index is 0.0442. The Balaban J connectivity index is 1.60. The third kappa shape index (κ3) is 4.82. The third-order valence-electron chi connectivity index (χ3n) is 4.40. The molecule has 0 saturated carbocycles. The first kappa shape index (κ1) is 18.8. The summed E-state index contributed by atoms with van der Waals surface area (Å²) in [6, 6.07) is 16.2. The molecule has 2 aromatic carbocycles. The minimum Gasteiger partial charge on any atom is -0.441 e. The summed E-state index contributed by atoms with van der Waals surface area (Å²) in [5.41, 5.74) is 1.45. The summed E-state index contributed by atoms with van der Waals surface area (Å²) in [5.74, 6) is 0.631. The van der Waals surface area contributed by atoms with Crippen LogP contribution < -0.4 is 5.32 Å². The molecule has 0 aliphatic heterocycles. The normalized spacial score (nSPS) is 12.1. The monoisotopic (exact) mass is 366 g/mol. The standard InChI is InChI=1S/C22H23FN2O2/c1-15(2)22(16-8-4-3-5-9-16)25-20(26)12-13-21-24-14-19(27-21)17-10-6-7-11-18(17)23/h3-11,14-15,22H,12-13H2,1-2H3,(H,25,26). The Hall–Kier alpha value is -2.95. The van der Waals surface area contributed by atoms with E-state index in [1.165, 1.54) is 12.3 Å². The number of carbonyl (C=O) groups is 1. The van der Waals surface area contributed by atoms with E-state index in [2.05, 4.69) is 24.1 Å². The number of hydrogen-bond donors (Lipinski definition) is 1. The van der Waals surface area contributed by atoms with Gasteiger partial charge in [-0.1, -0.05) is 56.3 Å². The van der Waals surface area contributed by atoms with E-state index in [1.54, 1.807) is 18.2 Å². The van der Waals surface area contributed by atoms with Gasteiger partial charge in [0.25, 0.3) is 0 Å². The van der Waals surface area contributed by atoms with Crippen LogP contribution in [0.1, 0.15) is 37.8 Å². The van der Waals surface area contributed by atoms with Gasteiger partial charge in [-0.15, -0.1) is 0 Å². The Morgan fingerprint density at radius 1 is 1.11 bits per heavy atom. The number of halogens is 1. The zero-order chi connectivity index (χ0) is 19.2. The molecule has 0 bridgehead atoms. The molecule has 4 nitrogen and oxygen atoms in total. The molecule has 0 aliphatic rings. The van der Waals surface area contributed by atoms with Gasteiger partial charge in [0, 0.05) is 12.8 Å². The van der Waals surface area contributed by atoms with E-state index in [4.69, 9.17) is 4.42 Å². The first-order valence-corrected chi connectivity index (χ1v) is 9.08. The number of aromatic nitrogens is 1. The maximum Gasteiger partial charge on any atom is 0.221 e. The number of hydrogen-bond acceptors (Lipinski definition) is 3. The Labute approximate surface area is 158 Å². The molecule has 1 atom stereocenters. The average molecular weight is 366 g/mol. The highest BCUT2D eigenvalue weighted by Crippen LogP contribution is 2.24. The van der Waals surface area contributed by atoms with Crippen molar-refractivity contribution in [2.75, 3.05) is 0 Å². The molecular weight excluding hydrogens is 343 g/mol. The number of carbonyl (C=O) groups excluding carboxylic acids is 1. The Bertz CT molecular complexity index is 890. The smallest absolute Gasteiger partial charge is 0.221 e. The summed E-state index contributed by atoms with van der Waals surface area (Å²) in [5, 5.41) is 3.08. The Morgan fingerprint density at radius 3 is 2.52 bits per heavy atom. The molecule has 0 fully saturated rings. The van der Waals surface area contributed by atoms with Crippen LogP contribution in [-0.4, -0.2) is 10.9 Å². The van der Waals surface area contributed by atoms with Crippen LogP contribution in [0.25, 0.3) is 11.3 Å². The Kier molecular flexibility index (Phi) is 6.01. The SMILES string of the molecule is CC(C)C(NC(=O)CCc1ncc(-c2ccccc2F)o1)c1ccccc1. The summed E-state index contributed by atoms with van der Waals surface area (Å²) >= 11 is 0. The number of nitrogens with one attached hydrogen (secondary N) is 1. The second-order valence-corrected chi connectivity index (χ2v) is 6.80. The average Bonchev–Trinajstić information content (AvgIpc) is 3.14. The summed E-state index contributed by atoms with van der Waals surface area (Å²) < 4.78 is 19.4. The first-order chi connectivity index (χ1) is 13.0. The minimum atomic E-state index is -0.361. The molecule has 0 aliphatic carbocycles. The maximum absolute atomic E-state index is 13.8. The molecule has 1 unspecified atom stereocenters. The van der Waals surface area contributed by atoms with Crippen molar-refractivity contribution in [3.05, 3.63) is 78.1 Å². The fourth-order valence-electron chi connectivity index (χ4n) is 2.97. The highest BCUT2D eigenvalue weighted by atomic mass is 19.1. The van der Waals surface area contributed by atoms with E-state index in [9.17, 15) is 9.18 Å². The molecule has 1 N–H and O–H groups in total. The summed E-state index contributed by atoms with van der Waals surface area (Å²) in [6.45, 7) is 4.15. The van der Waals surface area contributed by atoms with Crippen LogP contribution in [0.3, 0.4) is 0 Å². The van der Waals surface area contributed by atoms with Crippen molar-refractivity contribution >= 4 is 5.91 Å². The number of benzene rings is 2. The summed E-state index contributed by atoms with van der Waals surface area (Å²) in [4.78, 5) is 16.6. The molecule has 5 heteroatoms. The van der Waals surface area contributed by atoms with Gasteiger partial charge in [0.15, 0.2) is 11.7 Å². The fraction of sp³-hybridized carbons (Fsp3) is 0.273. The lowest BCUT2D eigenvalue weighted by atomic mass is 9.96. The zero-order valence-corrected chi connectivity index (χ0v) is 15.5. The lowest BCUT2D eigenvalue weighted by Gasteiger charge is -2.22. The van der Waals surface area contributed by atoms with Crippen LogP contribution in [-0.2, 0) is 11.2 Å². The number of amides is 1. The van der Waals surface area contributed by atoms with Crippen molar-refractivity contribution in [2.45, 2.75) is 32.7 Å². The molecule has 27 heavy (non-hydrogen) atoms. The van der Waals surface area contributed by atoms with Gasteiger partial charge >= 0.3 is 0 Å². The molecule has 0 spiro atoms. The maximum atomic E-state index is 13.8. The van der Waals surface area contributed by atoms with Gasteiger partial charge in [-0.2, -0.15) is 0 Å². The van der Waals surface area contributed by atoms with Crippen molar-refractivity contribution in [3.8, 4) is 11.3 Å². The van der Waals surface area contributed by atoms with Gasteiger partial charge in [0.2, 0.25) is 5.91 Å². The van der Waals surface area contributed by atoms with Gasteiger partial charge in [0.05, 0.1) is 17.8 Å². The molecule has 1 aromatic heterocycles. The van der Waals surface area contributed by atoms with Gasteiger partial charge in [-0.3, -0.25) is 4.79 Å². The second kappa shape index (κ2) is 8.62. The molecule has 3 rings (SSSR count). The second-order valence-electron chi connectivity index (χ2n) is 6.80. The lowest BCUT2D eigenvalue weighted by molar-refractivity contribution is -0.122. The number of aryl methyl sites for hydroxylation is 1. The quantitative estimate of drug-likeness (QED) is 0.645. The summed E-state index contributed by atoms with van der Waals surface area (Å²) in [6.07, 6.45) is 2.11. The molecule has 1 heterocycles. The third-order valence-corrected chi connectivity index (χ3v) is 4.40. The number of nitrogens with zero attached hydrogens (tertiary/aromatic N) is 1. The zero-order valence-electron chi connectivity index (χ0n) is 15.5. The van der Waals surface area contributed by atoms with Crippen molar-refractivity contribution < 1.29 is 13.6 Å². The van der Waals surface area contributed by atoms with Crippen LogP contribution in [0.5, 0.6) is 0 Å². The van der Waals surface area contributed by atoms with Gasteiger partial charge in [-0.05, 0) is 23.6 Å². The Morgan fingerprint density at radius 2 is 1.81 bits per heavy atom. The predicted molar refractivity (Wildman–Crippen MR) is 102 cm³/mol.